The summed E-state index contributed by atoms with van der Waals surface area (Å²) in [5.41, 5.74) is 1.58. The van der Waals surface area contributed by atoms with E-state index in [1.54, 1.807) is 5.57 Å². The van der Waals surface area contributed by atoms with Crippen LogP contribution in [0.4, 0.5) is 0 Å². The second-order valence-corrected chi connectivity index (χ2v) is 7.08. The molecule has 0 spiro atoms. The lowest BCUT2D eigenvalue weighted by molar-refractivity contribution is 0.128. The Morgan fingerprint density at radius 2 is 2.05 bits per heavy atom. The van der Waals surface area contributed by atoms with Gasteiger partial charge in [0.2, 0.25) is 0 Å². The molecule has 0 aromatic rings. The lowest BCUT2D eigenvalue weighted by atomic mass is 9.66. The van der Waals surface area contributed by atoms with E-state index in [1.165, 1.54) is 25.7 Å². The fraction of sp³-hybridized carbons (Fsp3) is 0.789. The highest BCUT2D eigenvalue weighted by Crippen LogP contribution is 2.43. The molecule has 0 aliphatic heterocycles. The van der Waals surface area contributed by atoms with Gasteiger partial charge in [-0.2, -0.15) is 0 Å². The third-order valence-electron chi connectivity index (χ3n) is 5.35. The van der Waals surface area contributed by atoms with Gasteiger partial charge in [-0.1, -0.05) is 51.8 Å². The van der Waals surface area contributed by atoms with Crippen molar-refractivity contribution in [1.29, 1.82) is 0 Å². The SMILES string of the molecule is CCCC[C@@H](O)CCC1C2CC[C@@H](C)C=C2C=C[C@@H]1C. The fourth-order valence-electron chi connectivity index (χ4n) is 3.99. The first kappa shape index (κ1) is 15.8. The maximum Gasteiger partial charge on any atom is 0.0540 e. The zero-order valence-electron chi connectivity index (χ0n) is 13.5. The third-order valence-corrected chi connectivity index (χ3v) is 5.35. The molecular formula is C19H32O. The van der Waals surface area contributed by atoms with Crippen molar-refractivity contribution in [2.45, 2.75) is 71.8 Å². The molecule has 0 bridgehead atoms. The number of allylic oxidation sites excluding steroid dienone is 4. The van der Waals surface area contributed by atoms with Crippen LogP contribution in [0.2, 0.25) is 0 Å². The monoisotopic (exact) mass is 276 g/mol. The van der Waals surface area contributed by atoms with Crippen molar-refractivity contribution in [2.24, 2.45) is 23.7 Å². The Kier molecular flexibility index (Phi) is 5.89. The third kappa shape index (κ3) is 3.97. The van der Waals surface area contributed by atoms with Crippen LogP contribution in [-0.2, 0) is 0 Å². The summed E-state index contributed by atoms with van der Waals surface area (Å²) in [6.45, 7) is 6.88. The molecule has 5 atom stereocenters. The molecule has 2 aliphatic rings. The van der Waals surface area contributed by atoms with Gasteiger partial charge in [0.25, 0.3) is 0 Å². The van der Waals surface area contributed by atoms with Crippen LogP contribution in [0.15, 0.2) is 23.8 Å². The van der Waals surface area contributed by atoms with Crippen LogP contribution in [-0.4, -0.2) is 11.2 Å². The second kappa shape index (κ2) is 7.45. The minimum Gasteiger partial charge on any atom is -0.393 e. The molecule has 1 nitrogen and oxygen atoms in total. The average molecular weight is 276 g/mol. The standard InChI is InChI=1S/C19H32O/c1-4-5-6-17(20)10-12-18-15(3)8-9-16-13-14(2)7-11-19(16)18/h8-9,13-15,17-20H,4-7,10-12H2,1-3H3/t14-,15+,17-,18?,19?/m1/s1. The Labute approximate surface area is 125 Å². The molecule has 1 heteroatoms. The minimum absolute atomic E-state index is 0.0806. The highest BCUT2D eigenvalue weighted by Gasteiger charge is 2.33. The number of fused-ring (bicyclic) bond motifs is 1. The van der Waals surface area contributed by atoms with Gasteiger partial charge < -0.3 is 5.11 Å². The Bertz CT molecular complexity index is 355. The van der Waals surface area contributed by atoms with Gasteiger partial charge in [0, 0.05) is 0 Å². The van der Waals surface area contributed by atoms with Gasteiger partial charge in [0.15, 0.2) is 0 Å². The number of aliphatic hydroxyl groups is 1. The molecule has 2 unspecified atom stereocenters. The smallest absolute Gasteiger partial charge is 0.0540 e. The molecule has 20 heavy (non-hydrogen) atoms. The maximum atomic E-state index is 10.1. The Morgan fingerprint density at radius 3 is 2.80 bits per heavy atom. The predicted octanol–water partition coefficient (Wildman–Crippen LogP) is 5.11. The van der Waals surface area contributed by atoms with E-state index >= 15 is 0 Å². The topological polar surface area (TPSA) is 20.2 Å². The molecule has 2 rings (SSSR count). The number of rotatable bonds is 6. The van der Waals surface area contributed by atoms with Crippen LogP contribution in [0.3, 0.4) is 0 Å². The maximum absolute atomic E-state index is 10.1. The summed E-state index contributed by atoms with van der Waals surface area (Å²) in [6.07, 6.45) is 15.4. The van der Waals surface area contributed by atoms with Gasteiger partial charge >= 0.3 is 0 Å². The first-order valence-electron chi connectivity index (χ1n) is 8.69. The highest BCUT2D eigenvalue weighted by atomic mass is 16.3. The van der Waals surface area contributed by atoms with Crippen molar-refractivity contribution in [3.05, 3.63) is 23.8 Å². The van der Waals surface area contributed by atoms with Gasteiger partial charge in [-0.15, -0.1) is 0 Å². The molecule has 0 saturated carbocycles. The largest absolute Gasteiger partial charge is 0.393 e. The van der Waals surface area contributed by atoms with Gasteiger partial charge in [0.05, 0.1) is 6.10 Å². The Morgan fingerprint density at radius 1 is 1.25 bits per heavy atom. The summed E-state index contributed by atoms with van der Waals surface area (Å²) < 4.78 is 0. The summed E-state index contributed by atoms with van der Waals surface area (Å²) in [7, 11) is 0. The molecule has 0 fully saturated rings. The van der Waals surface area contributed by atoms with Crippen LogP contribution >= 0.6 is 0 Å². The van der Waals surface area contributed by atoms with Crippen molar-refractivity contribution in [2.75, 3.05) is 0 Å². The summed E-state index contributed by atoms with van der Waals surface area (Å²) in [6, 6.07) is 0. The van der Waals surface area contributed by atoms with E-state index in [0.29, 0.717) is 5.92 Å². The molecule has 0 aromatic carbocycles. The predicted molar refractivity (Wildman–Crippen MR) is 86.5 cm³/mol. The quantitative estimate of drug-likeness (QED) is 0.714. The van der Waals surface area contributed by atoms with E-state index < -0.39 is 0 Å². The lowest BCUT2D eigenvalue weighted by Gasteiger charge is -2.38. The van der Waals surface area contributed by atoms with E-state index in [9.17, 15) is 5.11 Å². The van der Waals surface area contributed by atoms with Crippen LogP contribution in [0, 0.1) is 23.7 Å². The first-order chi connectivity index (χ1) is 9.61. The molecule has 0 saturated heterocycles. The van der Waals surface area contributed by atoms with E-state index in [2.05, 4.69) is 39.0 Å². The number of hydrogen-bond donors (Lipinski definition) is 1. The van der Waals surface area contributed by atoms with Crippen molar-refractivity contribution in [1.82, 2.24) is 0 Å². The second-order valence-electron chi connectivity index (χ2n) is 7.08. The first-order valence-corrected chi connectivity index (χ1v) is 8.69. The number of hydrogen-bond acceptors (Lipinski definition) is 1. The average Bonchev–Trinajstić information content (AvgIpc) is 2.44. The van der Waals surface area contributed by atoms with Crippen molar-refractivity contribution in [3.63, 3.8) is 0 Å². The molecule has 0 radical (unpaired) electrons. The van der Waals surface area contributed by atoms with Crippen LogP contribution < -0.4 is 0 Å². The molecule has 114 valence electrons. The highest BCUT2D eigenvalue weighted by molar-refractivity contribution is 5.29. The van der Waals surface area contributed by atoms with Crippen LogP contribution in [0.5, 0.6) is 0 Å². The molecule has 1 N–H and O–H groups in total. The normalized spacial score (nSPS) is 34.5. The minimum atomic E-state index is -0.0806. The van der Waals surface area contributed by atoms with Crippen LogP contribution in [0.1, 0.15) is 65.7 Å². The lowest BCUT2D eigenvalue weighted by Crippen LogP contribution is -2.29. The van der Waals surface area contributed by atoms with Gasteiger partial charge in [-0.3, -0.25) is 0 Å². The van der Waals surface area contributed by atoms with E-state index in [0.717, 1.165) is 37.0 Å². The summed E-state index contributed by atoms with van der Waals surface area (Å²) in [5.74, 6) is 2.92. The zero-order valence-corrected chi connectivity index (χ0v) is 13.5. The van der Waals surface area contributed by atoms with Gasteiger partial charge in [-0.25, -0.2) is 0 Å². The van der Waals surface area contributed by atoms with E-state index in [4.69, 9.17) is 0 Å². The fourth-order valence-corrected chi connectivity index (χ4v) is 3.99. The van der Waals surface area contributed by atoms with Crippen molar-refractivity contribution >= 4 is 0 Å². The summed E-state index contributed by atoms with van der Waals surface area (Å²) >= 11 is 0. The van der Waals surface area contributed by atoms with Crippen molar-refractivity contribution < 1.29 is 5.11 Å². The molecular weight excluding hydrogens is 244 g/mol. The number of aliphatic hydroxyl groups excluding tert-OH is 1. The Balaban J connectivity index is 1.93. The number of unbranched alkanes of at least 4 members (excludes halogenated alkanes) is 1. The van der Waals surface area contributed by atoms with E-state index in [1.807, 2.05) is 0 Å². The summed E-state index contributed by atoms with van der Waals surface area (Å²) in [5, 5.41) is 10.1. The Hall–Kier alpha value is -0.560. The van der Waals surface area contributed by atoms with Crippen LogP contribution in [0.25, 0.3) is 0 Å². The van der Waals surface area contributed by atoms with Gasteiger partial charge in [0.1, 0.15) is 0 Å². The summed E-state index contributed by atoms with van der Waals surface area (Å²) in [4.78, 5) is 0. The zero-order chi connectivity index (χ0) is 14.5. The van der Waals surface area contributed by atoms with Gasteiger partial charge in [-0.05, 0) is 61.3 Å². The molecule has 0 amide bonds. The molecule has 2 aliphatic carbocycles. The molecule has 0 heterocycles. The van der Waals surface area contributed by atoms with Crippen molar-refractivity contribution in [3.8, 4) is 0 Å². The van der Waals surface area contributed by atoms with E-state index in [-0.39, 0.29) is 6.10 Å². The molecule has 0 aromatic heterocycles.